The molecule has 0 spiro atoms. The van der Waals surface area contributed by atoms with Crippen LogP contribution < -0.4 is 5.73 Å². The van der Waals surface area contributed by atoms with Gasteiger partial charge < -0.3 is 25.4 Å². The van der Waals surface area contributed by atoms with E-state index >= 15 is 0 Å². The van der Waals surface area contributed by atoms with E-state index in [-0.39, 0.29) is 36.6 Å². The number of hydrogen-bond donors (Lipinski definition) is 2. The number of phenolic OH excluding ortho intramolecular Hbond substituents is 1. The molecule has 2 rings (SSSR count). The SMILES string of the molecule is COCC(N)C(=O)N1CCN(C(=O)c2cccc(O)c2)CC1.Cl. The molecular formula is C15H22ClN3O4. The fraction of sp³-hybridized carbons (Fsp3) is 0.467. The van der Waals surface area contributed by atoms with Gasteiger partial charge in [0.1, 0.15) is 11.8 Å². The predicted octanol–water partition coefficient (Wildman–Crippen LogP) is 0.0721. The molecule has 1 atom stereocenters. The summed E-state index contributed by atoms with van der Waals surface area (Å²) >= 11 is 0. The molecule has 1 aromatic carbocycles. The van der Waals surface area contributed by atoms with Crippen LogP contribution in [0.2, 0.25) is 0 Å². The number of nitrogens with zero attached hydrogens (tertiary/aromatic N) is 2. The summed E-state index contributed by atoms with van der Waals surface area (Å²) in [7, 11) is 1.50. The maximum Gasteiger partial charge on any atom is 0.254 e. The molecule has 0 saturated carbocycles. The topological polar surface area (TPSA) is 96.1 Å². The van der Waals surface area contributed by atoms with Crippen LogP contribution in [0.1, 0.15) is 10.4 Å². The summed E-state index contributed by atoms with van der Waals surface area (Å²) in [6, 6.07) is 5.58. The Hall–Kier alpha value is -1.83. The second kappa shape index (κ2) is 8.71. The van der Waals surface area contributed by atoms with Crippen LogP contribution in [0.15, 0.2) is 24.3 Å². The summed E-state index contributed by atoms with van der Waals surface area (Å²) < 4.78 is 4.88. The Kier molecular flexibility index (Phi) is 7.28. The summed E-state index contributed by atoms with van der Waals surface area (Å²) in [5.41, 5.74) is 6.18. The van der Waals surface area contributed by atoms with Gasteiger partial charge in [-0.2, -0.15) is 0 Å². The van der Waals surface area contributed by atoms with Crippen LogP contribution in [-0.2, 0) is 9.53 Å². The monoisotopic (exact) mass is 343 g/mol. The van der Waals surface area contributed by atoms with E-state index in [0.29, 0.717) is 31.7 Å². The Morgan fingerprint density at radius 2 is 1.87 bits per heavy atom. The first-order valence-corrected chi connectivity index (χ1v) is 7.14. The number of benzene rings is 1. The van der Waals surface area contributed by atoms with Gasteiger partial charge in [0, 0.05) is 38.9 Å². The van der Waals surface area contributed by atoms with Crippen molar-refractivity contribution in [3.8, 4) is 5.75 Å². The van der Waals surface area contributed by atoms with Crippen molar-refractivity contribution in [2.24, 2.45) is 5.73 Å². The highest BCUT2D eigenvalue weighted by molar-refractivity contribution is 5.94. The summed E-state index contributed by atoms with van der Waals surface area (Å²) in [6.45, 7) is 1.96. The quantitative estimate of drug-likeness (QED) is 0.806. The number of phenols is 1. The van der Waals surface area contributed by atoms with Gasteiger partial charge in [0.15, 0.2) is 0 Å². The highest BCUT2D eigenvalue weighted by atomic mass is 35.5. The zero-order valence-corrected chi connectivity index (χ0v) is 13.8. The third-order valence-corrected chi connectivity index (χ3v) is 3.64. The van der Waals surface area contributed by atoms with Gasteiger partial charge in [-0.15, -0.1) is 12.4 Å². The number of nitrogens with two attached hydrogens (primary N) is 1. The number of piperazine rings is 1. The molecule has 3 N–H and O–H groups in total. The van der Waals surface area contributed by atoms with Gasteiger partial charge in [0.2, 0.25) is 5.91 Å². The first kappa shape index (κ1) is 19.2. The van der Waals surface area contributed by atoms with E-state index in [1.165, 1.54) is 19.2 Å². The van der Waals surface area contributed by atoms with Crippen LogP contribution in [0.5, 0.6) is 5.75 Å². The Morgan fingerprint density at radius 3 is 2.43 bits per heavy atom. The minimum absolute atomic E-state index is 0. The van der Waals surface area contributed by atoms with Gasteiger partial charge in [-0.05, 0) is 18.2 Å². The summed E-state index contributed by atoms with van der Waals surface area (Å²) in [5, 5.41) is 9.44. The first-order chi connectivity index (χ1) is 10.5. The van der Waals surface area contributed by atoms with Crippen LogP contribution in [0.25, 0.3) is 0 Å². The Morgan fingerprint density at radius 1 is 1.26 bits per heavy atom. The maximum absolute atomic E-state index is 12.3. The molecule has 128 valence electrons. The fourth-order valence-corrected chi connectivity index (χ4v) is 2.44. The van der Waals surface area contributed by atoms with Crippen molar-refractivity contribution in [1.29, 1.82) is 0 Å². The Labute approximate surface area is 141 Å². The Balaban J connectivity index is 0.00000264. The number of amides is 2. The summed E-state index contributed by atoms with van der Waals surface area (Å²) in [4.78, 5) is 27.7. The molecule has 23 heavy (non-hydrogen) atoms. The highest BCUT2D eigenvalue weighted by Gasteiger charge is 2.27. The largest absolute Gasteiger partial charge is 0.508 e. The maximum atomic E-state index is 12.3. The Bertz CT molecular complexity index is 547. The molecule has 8 heteroatoms. The lowest BCUT2D eigenvalue weighted by Crippen LogP contribution is -2.55. The molecule has 1 fully saturated rings. The number of ether oxygens (including phenoxy) is 1. The van der Waals surface area contributed by atoms with Crippen LogP contribution in [0.3, 0.4) is 0 Å². The second-order valence-corrected chi connectivity index (χ2v) is 5.23. The van der Waals surface area contributed by atoms with E-state index in [9.17, 15) is 14.7 Å². The zero-order chi connectivity index (χ0) is 16.1. The molecule has 1 aromatic rings. The number of rotatable bonds is 4. The van der Waals surface area contributed by atoms with Crippen molar-refractivity contribution >= 4 is 24.2 Å². The molecule has 0 bridgehead atoms. The van der Waals surface area contributed by atoms with Gasteiger partial charge in [0.25, 0.3) is 5.91 Å². The average molecular weight is 344 g/mol. The number of carbonyl (C=O) groups is 2. The standard InChI is InChI=1S/C15H21N3O4.ClH/c1-22-10-13(16)15(21)18-7-5-17(6-8-18)14(20)11-3-2-4-12(19)9-11;/h2-4,9,13,19H,5-8,10,16H2,1H3;1H. The minimum atomic E-state index is -0.668. The predicted molar refractivity (Wildman–Crippen MR) is 87.7 cm³/mol. The molecule has 7 nitrogen and oxygen atoms in total. The number of halogens is 1. The van der Waals surface area contributed by atoms with Gasteiger partial charge in [0.05, 0.1) is 6.61 Å². The van der Waals surface area contributed by atoms with Crippen LogP contribution >= 0.6 is 12.4 Å². The molecular weight excluding hydrogens is 322 g/mol. The van der Waals surface area contributed by atoms with E-state index in [1.54, 1.807) is 21.9 Å². The number of hydrogen-bond acceptors (Lipinski definition) is 5. The van der Waals surface area contributed by atoms with Crippen molar-refractivity contribution < 1.29 is 19.4 Å². The van der Waals surface area contributed by atoms with Crippen LogP contribution in [0.4, 0.5) is 0 Å². The average Bonchev–Trinajstić information content (AvgIpc) is 2.54. The smallest absolute Gasteiger partial charge is 0.254 e. The molecule has 2 amide bonds. The van der Waals surface area contributed by atoms with Gasteiger partial charge in [-0.1, -0.05) is 6.07 Å². The van der Waals surface area contributed by atoms with E-state index in [1.807, 2.05) is 0 Å². The number of carbonyl (C=O) groups excluding carboxylic acids is 2. The fourth-order valence-electron chi connectivity index (χ4n) is 2.44. The van der Waals surface area contributed by atoms with Crippen molar-refractivity contribution in [1.82, 2.24) is 9.80 Å². The lowest BCUT2D eigenvalue weighted by atomic mass is 10.1. The highest BCUT2D eigenvalue weighted by Crippen LogP contribution is 2.14. The van der Waals surface area contributed by atoms with Gasteiger partial charge in [-0.3, -0.25) is 9.59 Å². The van der Waals surface area contributed by atoms with E-state index in [2.05, 4.69) is 0 Å². The van der Waals surface area contributed by atoms with Crippen molar-refractivity contribution in [2.75, 3.05) is 39.9 Å². The third-order valence-electron chi connectivity index (χ3n) is 3.64. The minimum Gasteiger partial charge on any atom is -0.508 e. The molecule has 0 aliphatic carbocycles. The third kappa shape index (κ3) is 4.82. The lowest BCUT2D eigenvalue weighted by Gasteiger charge is -2.35. The number of methoxy groups -OCH3 is 1. The summed E-state index contributed by atoms with van der Waals surface area (Å²) in [5.74, 6) is -0.249. The number of aromatic hydroxyl groups is 1. The molecule has 0 radical (unpaired) electrons. The van der Waals surface area contributed by atoms with Crippen molar-refractivity contribution in [2.45, 2.75) is 6.04 Å². The second-order valence-electron chi connectivity index (χ2n) is 5.23. The molecule has 1 unspecified atom stereocenters. The molecule has 1 aliphatic heterocycles. The van der Waals surface area contributed by atoms with E-state index in [4.69, 9.17) is 10.5 Å². The van der Waals surface area contributed by atoms with Crippen LogP contribution in [-0.4, -0.2) is 72.7 Å². The molecule has 1 heterocycles. The molecule has 1 aliphatic rings. The van der Waals surface area contributed by atoms with E-state index in [0.717, 1.165) is 0 Å². The summed E-state index contributed by atoms with van der Waals surface area (Å²) in [6.07, 6.45) is 0. The van der Waals surface area contributed by atoms with Crippen molar-refractivity contribution in [3.63, 3.8) is 0 Å². The van der Waals surface area contributed by atoms with E-state index < -0.39 is 6.04 Å². The van der Waals surface area contributed by atoms with Crippen molar-refractivity contribution in [3.05, 3.63) is 29.8 Å². The van der Waals surface area contributed by atoms with Gasteiger partial charge in [-0.25, -0.2) is 0 Å². The van der Waals surface area contributed by atoms with Gasteiger partial charge >= 0.3 is 0 Å². The lowest BCUT2D eigenvalue weighted by molar-refractivity contribution is -0.135. The molecule has 1 saturated heterocycles. The molecule has 0 aromatic heterocycles. The normalized spacial score (nSPS) is 15.7. The zero-order valence-electron chi connectivity index (χ0n) is 13.0. The first-order valence-electron chi connectivity index (χ1n) is 7.14. The van der Waals surface area contributed by atoms with Crippen LogP contribution in [0, 0.1) is 0 Å².